The predicted octanol–water partition coefficient (Wildman–Crippen LogP) is 2.92. The summed E-state index contributed by atoms with van der Waals surface area (Å²) in [6.45, 7) is 0.452. The normalized spacial score (nSPS) is 15.4. The van der Waals surface area contributed by atoms with Gasteiger partial charge in [-0.1, -0.05) is 30.9 Å². The summed E-state index contributed by atoms with van der Waals surface area (Å²) < 4.78 is 1.73. The minimum atomic E-state index is 0.118. The third kappa shape index (κ3) is 3.91. The van der Waals surface area contributed by atoms with E-state index in [-0.39, 0.29) is 5.91 Å². The number of nitrogens with zero attached hydrogens (tertiary/aromatic N) is 3. The molecule has 1 aliphatic rings. The van der Waals surface area contributed by atoms with E-state index in [0.717, 1.165) is 23.7 Å². The first-order valence-corrected chi connectivity index (χ1v) is 8.46. The number of aromatic nitrogens is 3. The molecule has 1 N–H and O–H groups in total. The van der Waals surface area contributed by atoms with Crippen molar-refractivity contribution in [3.63, 3.8) is 0 Å². The molecule has 1 saturated carbocycles. The molecule has 0 saturated heterocycles. The molecule has 0 spiro atoms. The van der Waals surface area contributed by atoms with E-state index in [1.165, 1.54) is 25.7 Å². The molecular formula is C15H20N4OS. The van der Waals surface area contributed by atoms with Crippen LogP contribution in [0.1, 0.15) is 44.2 Å². The average Bonchev–Trinajstić information content (AvgIpc) is 3.24. The Morgan fingerprint density at radius 3 is 3.05 bits per heavy atom. The fraction of sp³-hybridized carbons (Fsp3) is 0.533. The van der Waals surface area contributed by atoms with Crippen LogP contribution in [0.2, 0.25) is 0 Å². The lowest BCUT2D eigenvalue weighted by Gasteiger charge is -2.08. The molecule has 1 aliphatic carbocycles. The Hall–Kier alpha value is -1.69. The minimum Gasteiger partial charge on any atom is -0.350 e. The maximum atomic E-state index is 11.8. The molecule has 112 valence electrons. The van der Waals surface area contributed by atoms with E-state index in [4.69, 9.17) is 0 Å². The van der Waals surface area contributed by atoms with Crippen molar-refractivity contribution in [2.24, 2.45) is 5.92 Å². The van der Waals surface area contributed by atoms with E-state index in [1.807, 2.05) is 23.0 Å². The number of hydrogen-bond acceptors (Lipinski definition) is 4. The molecule has 5 nitrogen and oxygen atoms in total. The van der Waals surface area contributed by atoms with Crippen molar-refractivity contribution < 1.29 is 4.79 Å². The number of carbonyl (C=O) groups excluding carboxylic acids is 1. The molecule has 3 rings (SSSR count). The number of carbonyl (C=O) groups is 1. The number of amides is 1. The van der Waals surface area contributed by atoms with Crippen LogP contribution < -0.4 is 5.32 Å². The quantitative estimate of drug-likeness (QED) is 0.892. The molecule has 1 amide bonds. The largest absolute Gasteiger partial charge is 0.350 e. The number of thiophene rings is 1. The monoisotopic (exact) mass is 304 g/mol. The zero-order chi connectivity index (χ0) is 14.5. The molecule has 0 unspecified atom stereocenters. The summed E-state index contributed by atoms with van der Waals surface area (Å²) in [4.78, 5) is 11.8. The summed E-state index contributed by atoms with van der Waals surface area (Å²) in [5, 5.41) is 15.1. The lowest BCUT2D eigenvalue weighted by molar-refractivity contribution is -0.121. The Bertz CT molecular complexity index is 572. The van der Waals surface area contributed by atoms with Crippen molar-refractivity contribution in [3.05, 3.63) is 28.7 Å². The van der Waals surface area contributed by atoms with E-state index in [2.05, 4.69) is 15.6 Å². The first kappa shape index (κ1) is 14.3. The van der Waals surface area contributed by atoms with E-state index in [0.29, 0.717) is 13.0 Å². The lowest BCUT2D eigenvalue weighted by Crippen LogP contribution is -2.23. The van der Waals surface area contributed by atoms with Crippen LogP contribution in [0, 0.1) is 5.92 Å². The third-order valence-corrected chi connectivity index (χ3v) is 4.70. The van der Waals surface area contributed by atoms with Gasteiger partial charge in [0.05, 0.1) is 18.4 Å². The van der Waals surface area contributed by atoms with Gasteiger partial charge in [0.1, 0.15) is 5.69 Å². The Morgan fingerprint density at radius 2 is 2.29 bits per heavy atom. The van der Waals surface area contributed by atoms with Gasteiger partial charge >= 0.3 is 0 Å². The fourth-order valence-electron chi connectivity index (χ4n) is 2.81. The van der Waals surface area contributed by atoms with E-state index < -0.39 is 0 Å². The van der Waals surface area contributed by atoms with Crippen molar-refractivity contribution in [1.82, 2.24) is 20.3 Å². The SMILES string of the molecule is O=C(CCC1CCCC1)NCc1cn(-c2ccsc2)nn1. The maximum absolute atomic E-state index is 11.8. The van der Waals surface area contributed by atoms with Gasteiger partial charge in [-0.05, 0) is 23.8 Å². The summed E-state index contributed by atoms with van der Waals surface area (Å²) in [5.41, 5.74) is 1.79. The molecule has 1 fully saturated rings. The molecule has 0 aromatic carbocycles. The van der Waals surface area contributed by atoms with E-state index in [1.54, 1.807) is 16.0 Å². The molecule has 0 bridgehead atoms. The van der Waals surface area contributed by atoms with E-state index >= 15 is 0 Å². The standard InChI is InChI=1S/C15H20N4OS/c20-15(6-5-12-3-1-2-4-12)16-9-13-10-19(18-17-13)14-7-8-21-11-14/h7-8,10-12H,1-6,9H2,(H,16,20). The third-order valence-electron chi connectivity index (χ3n) is 4.03. The van der Waals surface area contributed by atoms with Crippen LogP contribution in [0.3, 0.4) is 0 Å². The van der Waals surface area contributed by atoms with Crippen LogP contribution in [0.15, 0.2) is 23.0 Å². The molecule has 21 heavy (non-hydrogen) atoms. The number of hydrogen-bond donors (Lipinski definition) is 1. The van der Waals surface area contributed by atoms with Crippen LogP contribution in [0.25, 0.3) is 5.69 Å². The van der Waals surface area contributed by atoms with Gasteiger partial charge in [0, 0.05) is 11.8 Å². The van der Waals surface area contributed by atoms with Crippen LogP contribution in [-0.2, 0) is 11.3 Å². The summed E-state index contributed by atoms with van der Waals surface area (Å²) in [6, 6.07) is 1.99. The second-order valence-electron chi connectivity index (χ2n) is 5.60. The van der Waals surface area contributed by atoms with Crippen LogP contribution in [-0.4, -0.2) is 20.9 Å². The van der Waals surface area contributed by atoms with Crippen molar-refractivity contribution in [2.45, 2.75) is 45.1 Å². The van der Waals surface area contributed by atoms with Crippen molar-refractivity contribution >= 4 is 17.2 Å². The molecule has 2 aromatic heterocycles. The zero-order valence-electron chi connectivity index (χ0n) is 12.0. The summed E-state index contributed by atoms with van der Waals surface area (Å²) in [5.74, 6) is 0.877. The highest BCUT2D eigenvalue weighted by atomic mass is 32.1. The van der Waals surface area contributed by atoms with Crippen LogP contribution in [0.4, 0.5) is 0 Å². The molecule has 0 radical (unpaired) electrons. The second kappa shape index (κ2) is 6.85. The minimum absolute atomic E-state index is 0.118. The van der Waals surface area contributed by atoms with Gasteiger partial charge in [-0.25, -0.2) is 4.68 Å². The molecule has 2 aromatic rings. The highest BCUT2D eigenvalue weighted by Gasteiger charge is 2.16. The Kier molecular flexibility index (Phi) is 4.65. The number of nitrogens with one attached hydrogen (secondary N) is 1. The van der Waals surface area contributed by atoms with Crippen LogP contribution >= 0.6 is 11.3 Å². The first-order valence-electron chi connectivity index (χ1n) is 7.52. The van der Waals surface area contributed by atoms with Crippen molar-refractivity contribution in [3.8, 4) is 5.69 Å². The lowest BCUT2D eigenvalue weighted by atomic mass is 10.0. The maximum Gasteiger partial charge on any atom is 0.220 e. The molecule has 0 atom stereocenters. The average molecular weight is 304 g/mol. The van der Waals surface area contributed by atoms with E-state index in [9.17, 15) is 4.79 Å². The van der Waals surface area contributed by atoms with Crippen molar-refractivity contribution in [1.29, 1.82) is 0 Å². The molecular weight excluding hydrogens is 284 g/mol. The summed E-state index contributed by atoms with van der Waals surface area (Å²) in [7, 11) is 0. The van der Waals surface area contributed by atoms with Gasteiger partial charge in [-0.3, -0.25) is 4.79 Å². The Labute approximate surface area is 128 Å². The smallest absolute Gasteiger partial charge is 0.220 e. The van der Waals surface area contributed by atoms with Crippen molar-refractivity contribution in [2.75, 3.05) is 0 Å². The summed E-state index contributed by atoms with van der Waals surface area (Å²) >= 11 is 1.62. The topological polar surface area (TPSA) is 59.8 Å². The van der Waals surface area contributed by atoms with Gasteiger partial charge in [-0.15, -0.1) is 5.10 Å². The fourth-order valence-corrected chi connectivity index (χ4v) is 3.43. The summed E-state index contributed by atoms with van der Waals surface area (Å²) in [6.07, 6.45) is 8.76. The van der Waals surface area contributed by atoms with Gasteiger partial charge in [0.25, 0.3) is 0 Å². The van der Waals surface area contributed by atoms with Gasteiger partial charge in [-0.2, -0.15) is 11.3 Å². The predicted molar refractivity (Wildman–Crippen MR) is 82.3 cm³/mol. The highest BCUT2D eigenvalue weighted by Crippen LogP contribution is 2.28. The molecule has 6 heteroatoms. The van der Waals surface area contributed by atoms with Crippen LogP contribution in [0.5, 0.6) is 0 Å². The van der Waals surface area contributed by atoms with Gasteiger partial charge in [0.15, 0.2) is 0 Å². The Balaban J connectivity index is 1.43. The highest BCUT2D eigenvalue weighted by molar-refractivity contribution is 7.08. The first-order chi connectivity index (χ1) is 10.3. The van der Waals surface area contributed by atoms with Gasteiger partial charge in [0.2, 0.25) is 5.91 Å². The zero-order valence-corrected chi connectivity index (χ0v) is 12.8. The van der Waals surface area contributed by atoms with Gasteiger partial charge < -0.3 is 5.32 Å². The Morgan fingerprint density at radius 1 is 1.43 bits per heavy atom. The molecule has 0 aliphatic heterocycles. The second-order valence-corrected chi connectivity index (χ2v) is 6.38. The molecule has 2 heterocycles. The number of rotatable bonds is 6.